The molecule has 0 saturated heterocycles. The van der Waals surface area contributed by atoms with Crippen molar-refractivity contribution >= 4 is 46.9 Å². The van der Waals surface area contributed by atoms with E-state index in [-0.39, 0.29) is 11.4 Å². The van der Waals surface area contributed by atoms with Crippen LogP contribution in [0.25, 0.3) is 6.08 Å². The maximum atomic E-state index is 13.6. The van der Waals surface area contributed by atoms with Crippen molar-refractivity contribution in [3.05, 3.63) is 113 Å². The first kappa shape index (κ1) is 35.4. The first-order valence-electron chi connectivity index (χ1n) is 14.4. The summed E-state index contributed by atoms with van der Waals surface area (Å²) in [6, 6.07) is 22.6. The Morgan fingerprint density at radius 3 is 2.00 bits per heavy atom. The lowest BCUT2D eigenvalue weighted by molar-refractivity contribution is -0.137. The molecule has 0 aliphatic heterocycles. The Labute approximate surface area is 279 Å². The van der Waals surface area contributed by atoms with Crippen LogP contribution in [0.15, 0.2) is 102 Å². The fourth-order valence-electron chi connectivity index (χ4n) is 4.41. The smallest absolute Gasteiger partial charge is 0.416 e. The molecule has 3 N–H and O–H groups in total. The number of ether oxygens (including phenoxy) is 3. The molecule has 0 bridgehead atoms. The van der Waals surface area contributed by atoms with Gasteiger partial charge in [-0.3, -0.25) is 14.4 Å². The molecule has 4 aromatic carbocycles. The Balaban J connectivity index is 1.55. The topological polar surface area (TPSA) is 115 Å². The van der Waals surface area contributed by atoms with Crippen molar-refractivity contribution in [1.29, 1.82) is 0 Å². The molecule has 0 aliphatic carbocycles. The van der Waals surface area contributed by atoms with Gasteiger partial charge in [-0.2, -0.15) is 13.2 Å². The molecule has 250 valence electrons. The summed E-state index contributed by atoms with van der Waals surface area (Å²) in [6.07, 6.45) is -3.08. The maximum Gasteiger partial charge on any atom is 0.416 e. The van der Waals surface area contributed by atoms with Gasteiger partial charge in [-0.1, -0.05) is 30.3 Å². The molecular formula is C35H32F3N3O6S. The Morgan fingerprint density at radius 2 is 1.40 bits per heavy atom. The minimum absolute atomic E-state index is 0.0206. The minimum Gasteiger partial charge on any atom is -0.493 e. The highest BCUT2D eigenvalue weighted by atomic mass is 32.2. The molecule has 9 nitrogen and oxygen atoms in total. The van der Waals surface area contributed by atoms with Crippen LogP contribution in [0, 0.1) is 0 Å². The Bertz CT molecular complexity index is 1790. The van der Waals surface area contributed by atoms with Crippen molar-refractivity contribution in [3.63, 3.8) is 0 Å². The summed E-state index contributed by atoms with van der Waals surface area (Å²) in [5, 5.41) is 7.25. The van der Waals surface area contributed by atoms with Gasteiger partial charge in [0.2, 0.25) is 11.7 Å². The number of nitrogens with one attached hydrogen (secondary N) is 3. The quantitative estimate of drug-likeness (QED) is 0.107. The number of hydrogen-bond acceptors (Lipinski definition) is 7. The van der Waals surface area contributed by atoms with E-state index < -0.39 is 34.7 Å². The number of thioether (sulfide) groups is 1. The van der Waals surface area contributed by atoms with E-state index in [0.29, 0.717) is 39.0 Å². The summed E-state index contributed by atoms with van der Waals surface area (Å²) in [7, 11) is 4.37. The van der Waals surface area contributed by atoms with Gasteiger partial charge < -0.3 is 30.2 Å². The molecule has 0 radical (unpaired) electrons. The second kappa shape index (κ2) is 15.9. The predicted octanol–water partition coefficient (Wildman–Crippen LogP) is 7.26. The first-order chi connectivity index (χ1) is 22.9. The number of hydrogen-bond donors (Lipinski definition) is 3. The molecule has 1 atom stereocenters. The van der Waals surface area contributed by atoms with Crippen LogP contribution in [0.3, 0.4) is 0 Å². The summed E-state index contributed by atoms with van der Waals surface area (Å²) in [5.74, 6) is -0.641. The summed E-state index contributed by atoms with van der Waals surface area (Å²) in [5.41, 5.74) is 0.213. The van der Waals surface area contributed by atoms with Gasteiger partial charge in [0, 0.05) is 21.8 Å². The van der Waals surface area contributed by atoms with Crippen LogP contribution in [0.1, 0.15) is 28.4 Å². The van der Waals surface area contributed by atoms with Crippen molar-refractivity contribution in [3.8, 4) is 17.2 Å². The largest absolute Gasteiger partial charge is 0.493 e. The molecule has 0 heterocycles. The summed E-state index contributed by atoms with van der Waals surface area (Å²) >= 11 is 1.14. The van der Waals surface area contributed by atoms with Crippen LogP contribution in [-0.4, -0.2) is 44.3 Å². The second-order valence-electron chi connectivity index (χ2n) is 10.1. The molecule has 4 rings (SSSR count). The minimum atomic E-state index is -4.54. The normalized spacial score (nSPS) is 12.0. The number of alkyl halides is 3. The highest BCUT2D eigenvalue weighted by molar-refractivity contribution is 8.00. The monoisotopic (exact) mass is 679 g/mol. The number of benzene rings is 4. The van der Waals surface area contributed by atoms with Gasteiger partial charge >= 0.3 is 6.18 Å². The molecular weight excluding hydrogens is 647 g/mol. The van der Waals surface area contributed by atoms with Crippen LogP contribution < -0.4 is 30.2 Å². The zero-order valence-corrected chi connectivity index (χ0v) is 27.1. The second-order valence-corrected chi connectivity index (χ2v) is 11.6. The lowest BCUT2D eigenvalue weighted by Crippen LogP contribution is -2.30. The zero-order chi connectivity index (χ0) is 34.8. The van der Waals surface area contributed by atoms with Crippen molar-refractivity contribution < 1.29 is 41.8 Å². The molecule has 4 aromatic rings. The first-order valence-corrected chi connectivity index (χ1v) is 15.2. The number of carbonyl (C=O) groups is 3. The third kappa shape index (κ3) is 9.32. The molecule has 48 heavy (non-hydrogen) atoms. The third-order valence-corrected chi connectivity index (χ3v) is 7.85. The Kier molecular flexibility index (Phi) is 11.7. The average Bonchev–Trinajstić information content (AvgIpc) is 3.07. The predicted molar refractivity (Wildman–Crippen MR) is 178 cm³/mol. The summed E-state index contributed by atoms with van der Waals surface area (Å²) < 4.78 is 55.5. The maximum absolute atomic E-state index is 13.6. The van der Waals surface area contributed by atoms with Crippen LogP contribution in [0.5, 0.6) is 17.2 Å². The fraction of sp³-hybridized carbons (Fsp3) is 0.171. The molecule has 0 saturated carbocycles. The lowest BCUT2D eigenvalue weighted by Gasteiger charge is -2.15. The molecule has 0 aromatic heterocycles. The highest BCUT2D eigenvalue weighted by Gasteiger charge is 2.30. The zero-order valence-electron chi connectivity index (χ0n) is 26.3. The third-order valence-electron chi connectivity index (χ3n) is 6.76. The van der Waals surface area contributed by atoms with E-state index in [4.69, 9.17) is 14.2 Å². The van der Waals surface area contributed by atoms with Crippen LogP contribution in [0.4, 0.5) is 24.5 Å². The van der Waals surface area contributed by atoms with Gasteiger partial charge in [0.1, 0.15) is 5.70 Å². The summed E-state index contributed by atoms with van der Waals surface area (Å²) in [6.45, 7) is 1.61. The van der Waals surface area contributed by atoms with Crippen LogP contribution in [0.2, 0.25) is 0 Å². The van der Waals surface area contributed by atoms with Crippen LogP contribution >= 0.6 is 11.8 Å². The van der Waals surface area contributed by atoms with E-state index in [9.17, 15) is 27.6 Å². The molecule has 0 aliphatic rings. The molecule has 0 spiro atoms. The standard InChI is InChI=1S/C35H32F3N3O6S/c1-21(32(42)39-25-13-8-12-24(19-25)35(36,37)38)48-27-15-9-14-26(20-27)40-34(44)28(41-33(43)23-10-6-5-7-11-23)16-22-17-29(45-2)31(47-4)30(18-22)46-3/h5-21H,1-4H3,(H,39,42)(H,40,44)(H,41,43)/b28-16+. The number of rotatable bonds is 12. The SMILES string of the molecule is COc1cc(/C=C(/NC(=O)c2ccccc2)C(=O)Nc2cccc(SC(C)C(=O)Nc3cccc(C(F)(F)F)c3)c2)cc(OC)c1OC. The van der Waals surface area contributed by atoms with Crippen molar-refractivity contribution in [1.82, 2.24) is 5.32 Å². The molecule has 1 unspecified atom stereocenters. The van der Waals surface area contributed by atoms with Gasteiger partial charge in [-0.15, -0.1) is 11.8 Å². The van der Waals surface area contributed by atoms with E-state index in [1.807, 2.05) is 0 Å². The van der Waals surface area contributed by atoms with Crippen molar-refractivity contribution in [2.24, 2.45) is 0 Å². The number of carbonyl (C=O) groups excluding carboxylic acids is 3. The summed E-state index contributed by atoms with van der Waals surface area (Å²) in [4.78, 5) is 40.1. The van der Waals surface area contributed by atoms with E-state index in [0.717, 1.165) is 23.9 Å². The van der Waals surface area contributed by atoms with Gasteiger partial charge in [0.05, 0.1) is 32.1 Å². The van der Waals surface area contributed by atoms with Gasteiger partial charge in [-0.05, 0) is 79.2 Å². The van der Waals surface area contributed by atoms with E-state index in [1.165, 1.54) is 39.5 Å². The van der Waals surface area contributed by atoms with Gasteiger partial charge in [0.15, 0.2) is 11.5 Å². The van der Waals surface area contributed by atoms with Crippen molar-refractivity contribution in [2.45, 2.75) is 23.2 Å². The number of methoxy groups -OCH3 is 3. The molecule has 13 heteroatoms. The van der Waals surface area contributed by atoms with Gasteiger partial charge in [0.25, 0.3) is 11.8 Å². The molecule has 0 fully saturated rings. The molecule has 3 amide bonds. The average molecular weight is 680 g/mol. The number of amides is 3. The Morgan fingerprint density at radius 1 is 0.771 bits per heavy atom. The van der Waals surface area contributed by atoms with E-state index in [2.05, 4.69) is 16.0 Å². The van der Waals surface area contributed by atoms with E-state index >= 15 is 0 Å². The van der Waals surface area contributed by atoms with E-state index in [1.54, 1.807) is 73.7 Å². The number of halogens is 3. The Hall–Kier alpha value is -5.43. The number of anilines is 2. The highest BCUT2D eigenvalue weighted by Crippen LogP contribution is 2.39. The lowest BCUT2D eigenvalue weighted by atomic mass is 10.1. The van der Waals surface area contributed by atoms with Gasteiger partial charge in [-0.25, -0.2) is 0 Å². The van der Waals surface area contributed by atoms with Crippen molar-refractivity contribution in [2.75, 3.05) is 32.0 Å². The fourth-order valence-corrected chi connectivity index (χ4v) is 5.34. The van der Waals surface area contributed by atoms with Crippen LogP contribution in [-0.2, 0) is 15.8 Å².